The fourth-order valence-corrected chi connectivity index (χ4v) is 3.73. The quantitative estimate of drug-likeness (QED) is 0.314. The largest absolute Gasteiger partial charge is 0.465 e. The number of esters is 1. The Balaban J connectivity index is 1.98. The van der Waals surface area contributed by atoms with Crippen LogP contribution in [0.2, 0.25) is 0 Å². The Labute approximate surface area is 167 Å². The van der Waals surface area contributed by atoms with Gasteiger partial charge in [0.1, 0.15) is 11.1 Å². The van der Waals surface area contributed by atoms with Crippen LogP contribution in [0.5, 0.6) is 0 Å². The molecular formula is C21H20FN3O2S. The molecule has 0 radical (unpaired) electrons. The maximum Gasteiger partial charge on any atom is 0.324 e. The van der Waals surface area contributed by atoms with Crippen molar-refractivity contribution in [1.82, 2.24) is 14.8 Å². The molecule has 1 aromatic heterocycles. The summed E-state index contributed by atoms with van der Waals surface area (Å²) in [5, 5.41) is 8.51. The highest BCUT2D eigenvalue weighted by Crippen LogP contribution is 2.36. The Morgan fingerprint density at radius 2 is 1.93 bits per heavy atom. The number of thioether (sulfide) groups is 1. The van der Waals surface area contributed by atoms with Gasteiger partial charge < -0.3 is 4.74 Å². The van der Waals surface area contributed by atoms with Crippen LogP contribution in [0, 0.1) is 5.82 Å². The van der Waals surface area contributed by atoms with Crippen molar-refractivity contribution in [3.8, 4) is 11.4 Å². The van der Waals surface area contributed by atoms with Gasteiger partial charge in [-0.1, -0.05) is 48.2 Å². The van der Waals surface area contributed by atoms with Gasteiger partial charge in [0.25, 0.3) is 0 Å². The molecule has 1 atom stereocenters. The van der Waals surface area contributed by atoms with Crippen molar-refractivity contribution in [1.29, 1.82) is 0 Å². The smallest absolute Gasteiger partial charge is 0.324 e. The van der Waals surface area contributed by atoms with E-state index in [4.69, 9.17) is 4.74 Å². The average Bonchev–Trinajstić information content (AvgIpc) is 3.10. The molecule has 0 bridgehead atoms. The highest BCUT2D eigenvalue weighted by molar-refractivity contribution is 8.00. The number of halogens is 1. The van der Waals surface area contributed by atoms with Crippen molar-refractivity contribution in [2.24, 2.45) is 0 Å². The second-order valence-electron chi connectivity index (χ2n) is 5.87. The van der Waals surface area contributed by atoms with Crippen LogP contribution in [0.15, 0.2) is 72.4 Å². The van der Waals surface area contributed by atoms with Crippen molar-refractivity contribution < 1.29 is 13.9 Å². The minimum Gasteiger partial charge on any atom is -0.465 e. The van der Waals surface area contributed by atoms with Crippen LogP contribution in [-0.4, -0.2) is 27.3 Å². The van der Waals surface area contributed by atoms with Gasteiger partial charge >= 0.3 is 5.97 Å². The number of benzene rings is 2. The van der Waals surface area contributed by atoms with E-state index in [0.29, 0.717) is 24.1 Å². The van der Waals surface area contributed by atoms with Crippen LogP contribution in [0.1, 0.15) is 17.7 Å². The van der Waals surface area contributed by atoms with E-state index in [0.717, 1.165) is 11.1 Å². The van der Waals surface area contributed by atoms with E-state index in [1.807, 2.05) is 34.9 Å². The second kappa shape index (κ2) is 9.32. The molecule has 7 heteroatoms. The molecule has 0 aliphatic rings. The van der Waals surface area contributed by atoms with Crippen LogP contribution >= 0.6 is 11.8 Å². The van der Waals surface area contributed by atoms with Crippen LogP contribution in [-0.2, 0) is 16.1 Å². The Hall–Kier alpha value is -2.93. The van der Waals surface area contributed by atoms with Gasteiger partial charge in [-0.05, 0) is 36.8 Å². The molecule has 0 spiro atoms. The van der Waals surface area contributed by atoms with E-state index >= 15 is 0 Å². The van der Waals surface area contributed by atoms with Gasteiger partial charge in [-0.3, -0.25) is 9.36 Å². The topological polar surface area (TPSA) is 57.0 Å². The Kier molecular flexibility index (Phi) is 6.60. The van der Waals surface area contributed by atoms with Gasteiger partial charge in [-0.25, -0.2) is 4.39 Å². The molecule has 0 aliphatic heterocycles. The molecule has 28 heavy (non-hydrogen) atoms. The highest BCUT2D eigenvalue weighted by atomic mass is 32.2. The van der Waals surface area contributed by atoms with Crippen LogP contribution in [0.3, 0.4) is 0 Å². The Morgan fingerprint density at radius 1 is 1.21 bits per heavy atom. The van der Waals surface area contributed by atoms with Crippen molar-refractivity contribution in [2.45, 2.75) is 23.9 Å². The summed E-state index contributed by atoms with van der Waals surface area (Å²) >= 11 is 1.27. The molecule has 5 nitrogen and oxygen atoms in total. The summed E-state index contributed by atoms with van der Waals surface area (Å²) in [5.74, 6) is -0.0761. The summed E-state index contributed by atoms with van der Waals surface area (Å²) in [7, 11) is 0. The first kappa shape index (κ1) is 19.8. The number of allylic oxidation sites excluding steroid dienone is 1. The predicted molar refractivity (Wildman–Crippen MR) is 107 cm³/mol. The predicted octanol–water partition coefficient (Wildman–Crippen LogP) is 4.67. The monoisotopic (exact) mass is 397 g/mol. The lowest BCUT2D eigenvalue weighted by molar-refractivity contribution is -0.142. The first-order valence-electron chi connectivity index (χ1n) is 8.82. The number of rotatable bonds is 8. The van der Waals surface area contributed by atoms with E-state index in [-0.39, 0.29) is 11.8 Å². The van der Waals surface area contributed by atoms with E-state index in [1.165, 1.54) is 23.9 Å². The molecule has 0 N–H and O–H groups in total. The second-order valence-corrected chi connectivity index (χ2v) is 6.95. The number of carbonyl (C=O) groups excluding carboxylic acids is 1. The maximum atomic E-state index is 13.3. The van der Waals surface area contributed by atoms with Gasteiger partial charge in [0.05, 0.1) is 6.61 Å². The summed E-state index contributed by atoms with van der Waals surface area (Å²) in [5.41, 5.74) is 1.55. The summed E-state index contributed by atoms with van der Waals surface area (Å²) in [6.45, 7) is 6.31. The molecule has 144 valence electrons. The minimum absolute atomic E-state index is 0.295. The number of hydrogen-bond donors (Lipinski definition) is 0. The molecule has 2 aromatic carbocycles. The first-order chi connectivity index (χ1) is 13.6. The zero-order valence-corrected chi connectivity index (χ0v) is 16.2. The molecule has 0 amide bonds. The van der Waals surface area contributed by atoms with Gasteiger partial charge in [0.2, 0.25) is 0 Å². The van der Waals surface area contributed by atoms with E-state index in [2.05, 4.69) is 16.8 Å². The highest BCUT2D eigenvalue weighted by Gasteiger charge is 2.26. The third-order valence-electron chi connectivity index (χ3n) is 3.96. The van der Waals surface area contributed by atoms with Crippen LogP contribution in [0.25, 0.3) is 11.4 Å². The van der Waals surface area contributed by atoms with E-state index in [1.54, 1.807) is 25.1 Å². The SMILES string of the molecule is C=CCn1c(S[C@H](C(=O)OCC)c2ccccc2)nnc1-c1ccc(F)cc1. The van der Waals surface area contributed by atoms with E-state index < -0.39 is 5.25 Å². The zero-order valence-electron chi connectivity index (χ0n) is 15.4. The minimum atomic E-state index is -0.574. The molecular weight excluding hydrogens is 377 g/mol. The lowest BCUT2D eigenvalue weighted by atomic mass is 10.1. The van der Waals surface area contributed by atoms with Crippen LogP contribution < -0.4 is 0 Å². The lowest BCUT2D eigenvalue weighted by Gasteiger charge is -2.16. The van der Waals surface area contributed by atoms with Gasteiger partial charge in [-0.15, -0.1) is 16.8 Å². The number of nitrogens with zero attached hydrogens (tertiary/aromatic N) is 3. The third kappa shape index (κ3) is 4.48. The van der Waals surface area contributed by atoms with Crippen molar-refractivity contribution >= 4 is 17.7 Å². The molecule has 0 saturated carbocycles. The number of carbonyl (C=O) groups is 1. The molecule has 1 heterocycles. The Morgan fingerprint density at radius 3 is 2.57 bits per heavy atom. The summed E-state index contributed by atoms with van der Waals surface area (Å²) in [4.78, 5) is 12.6. The lowest BCUT2D eigenvalue weighted by Crippen LogP contribution is -2.14. The van der Waals surface area contributed by atoms with Crippen molar-refractivity contribution in [2.75, 3.05) is 6.61 Å². The summed E-state index contributed by atoms with van der Waals surface area (Å²) in [6.07, 6.45) is 1.72. The maximum absolute atomic E-state index is 13.3. The number of ether oxygens (including phenoxy) is 1. The van der Waals surface area contributed by atoms with E-state index in [9.17, 15) is 9.18 Å². The fourth-order valence-electron chi connectivity index (χ4n) is 2.69. The number of aromatic nitrogens is 3. The molecule has 3 aromatic rings. The first-order valence-corrected chi connectivity index (χ1v) is 9.70. The zero-order chi connectivity index (χ0) is 19.9. The molecule has 0 unspecified atom stereocenters. The molecule has 3 rings (SSSR count). The van der Waals surface area contributed by atoms with Crippen molar-refractivity contribution in [3.05, 3.63) is 78.6 Å². The molecule has 0 fully saturated rings. The Bertz CT molecular complexity index is 942. The summed E-state index contributed by atoms with van der Waals surface area (Å²) < 4.78 is 20.4. The standard InChI is InChI=1S/C21H20FN3O2S/c1-3-14-25-19(16-10-12-17(22)13-11-16)23-24-21(25)28-18(20(26)27-4-2)15-8-6-5-7-9-15/h3,5-13,18H,1,4,14H2,2H3/t18-/m0/s1. The normalized spacial score (nSPS) is 11.8. The van der Waals surface area contributed by atoms with Gasteiger partial charge in [-0.2, -0.15) is 0 Å². The molecule has 0 aliphatic carbocycles. The fraction of sp³-hybridized carbons (Fsp3) is 0.190. The summed E-state index contributed by atoms with van der Waals surface area (Å²) in [6, 6.07) is 15.4. The van der Waals surface area contributed by atoms with Crippen LogP contribution in [0.4, 0.5) is 4.39 Å². The third-order valence-corrected chi connectivity index (χ3v) is 5.17. The molecule has 0 saturated heterocycles. The average molecular weight is 397 g/mol. The van der Waals surface area contributed by atoms with Gasteiger partial charge in [0, 0.05) is 12.1 Å². The number of hydrogen-bond acceptors (Lipinski definition) is 5. The van der Waals surface area contributed by atoms with Crippen molar-refractivity contribution in [3.63, 3.8) is 0 Å². The van der Waals surface area contributed by atoms with Gasteiger partial charge in [0.15, 0.2) is 11.0 Å².